The van der Waals surface area contributed by atoms with Crippen LogP contribution >= 0.6 is 0 Å². The van der Waals surface area contributed by atoms with Crippen LogP contribution in [0, 0.1) is 5.92 Å². The molecule has 1 aromatic carbocycles. The Morgan fingerprint density at radius 2 is 2.15 bits per heavy atom. The lowest BCUT2D eigenvalue weighted by Gasteiger charge is -2.31. The molecule has 0 saturated carbocycles. The van der Waals surface area contributed by atoms with Crippen LogP contribution in [0.15, 0.2) is 32.3 Å². The molecule has 2 heterocycles. The molecule has 1 aliphatic heterocycles. The minimum atomic E-state index is -3.76. The summed E-state index contributed by atoms with van der Waals surface area (Å²) < 4.78 is 33.7. The molecule has 1 unspecified atom stereocenters. The predicted octanol–water partition coefficient (Wildman–Crippen LogP) is 1.06. The second-order valence-corrected chi connectivity index (χ2v) is 8.49. The highest BCUT2D eigenvalue weighted by molar-refractivity contribution is 7.89. The normalized spacial score (nSPS) is 18.9. The average molecular weight is 381 g/mol. The van der Waals surface area contributed by atoms with E-state index in [4.69, 9.17) is 4.42 Å². The minimum absolute atomic E-state index is 0.0639. The van der Waals surface area contributed by atoms with E-state index in [2.05, 4.69) is 5.32 Å². The Morgan fingerprint density at radius 1 is 1.38 bits per heavy atom. The van der Waals surface area contributed by atoms with Gasteiger partial charge in [-0.3, -0.25) is 9.36 Å². The quantitative estimate of drug-likeness (QED) is 0.834. The number of rotatable bonds is 5. The second kappa shape index (κ2) is 7.24. The number of nitrogens with one attached hydrogen (secondary N) is 1. The number of fused-ring (bicyclic) bond motifs is 1. The van der Waals surface area contributed by atoms with E-state index in [0.717, 1.165) is 6.42 Å². The molecule has 1 aromatic heterocycles. The number of carbonyl (C=O) groups excluding carboxylic acids is 1. The molecule has 26 heavy (non-hydrogen) atoms. The molecule has 3 rings (SSSR count). The van der Waals surface area contributed by atoms with Crippen molar-refractivity contribution >= 4 is 27.0 Å². The number of nitrogens with zero attached hydrogens (tertiary/aromatic N) is 2. The number of aryl methyl sites for hydroxylation is 1. The highest BCUT2D eigenvalue weighted by Crippen LogP contribution is 2.26. The fourth-order valence-corrected chi connectivity index (χ4v) is 4.73. The Hall–Kier alpha value is -2.13. The Morgan fingerprint density at radius 3 is 2.88 bits per heavy atom. The summed E-state index contributed by atoms with van der Waals surface area (Å²) in [6.07, 6.45) is 2.14. The van der Waals surface area contributed by atoms with Gasteiger partial charge in [0, 0.05) is 32.7 Å². The molecule has 9 heteroatoms. The van der Waals surface area contributed by atoms with E-state index in [1.807, 2.05) is 6.92 Å². The molecule has 0 aliphatic carbocycles. The van der Waals surface area contributed by atoms with Crippen molar-refractivity contribution in [1.82, 2.24) is 14.2 Å². The van der Waals surface area contributed by atoms with E-state index in [1.54, 1.807) is 13.1 Å². The number of hydrogen-bond donors (Lipinski definition) is 1. The fourth-order valence-electron chi connectivity index (χ4n) is 3.19. The van der Waals surface area contributed by atoms with Gasteiger partial charge in [0.2, 0.25) is 15.9 Å². The zero-order chi connectivity index (χ0) is 18.9. The average Bonchev–Trinajstić information content (AvgIpc) is 2.93. The van der Waals surface area contributed by atoms with Crippen molar-refractivity contribution in [3.8, 4) is 0 Å². The van der Waals surface area contributed by atoms with Crippen LogP contribution in [0.5, 0.6) is 0 Å². The first-order chi connectivity index (χ1) is 12.3. The number of carbonyl (C=O) groups is 1. The lowest BCUT2D eigenvalue weighted by Crippen LogP contribution is -2.45. The first-order valence-corrected chi connectivity index (χ1v) is 10.2. The van der Waals surface area contributed by atoms with Gasteiger partial charge in [-0.2, -0.15) is 4.31 Å². The summed E-state index contributed by atoms with van der Waals surface area (Å²) in [6, 6.07) is 4.39. The smallest absolute Gasteiger partial charge is 0.408 e. The van der Waals surface area contributed by atoms with Crippen LogP contribution in [-0.4, -0.2) is 42.8 Å². The lowest BCUT2D eigenvalue weighted by atomic mass is 9.99. The van der Waals surface area contributed by atoms with E-state index >= 15 is 0 Å². The Labute approximate surface area is 151 Å². The van der Waals surface area contributed by atoms with Crippen molar-refractivity contribution in [3.05, 3.63) is 28.7 Å². The highest BCUT2D eigenvalue weighted by atomic mass is 32.2. The molecule has 1 saturated heterocycles. The van der Waals surface area contributed by atoms with Crippen molar-refractivity contribution in [2.75, 3.05) is 19.6 Å². The maximum absolute atomic E-state index is 13.0. The SMILES string of the molecule is CCCNC(=O)C1CCCN(S(=O)(=O)c2ccc3c(c2)oc(=O)n3C)C1. The van der Waals surface area contributed by atoms with Crippen LogP contribution in [0.3, 0.4) is 0 Å². The standard InChI is InChI=1S/C17H23N3O5S/c1-3-8-18-16(21)12-5-4-9-20(11-12)26(23,24)13-6-7-14-15(10-13)25-17(22)19(14)2/h6-7,10,12H,3-5,8-9,11H2,1-2H3,(H,18,21). The summed E-state index contributed by atoms with van der Waals surface area (Å²) in [5, 5.41) is 2.83. The monoisotopic (exact) mass is 381 g/mol. The Bertz CT molecular complexity index is 976. The number of sulfonamides is 1. The summed E-state index contributed by atoms with van der Waals surface area (Å²) in [6.45, 7) is 3.09. The number of oxazole rings is 1. The predicted molar refractivity (Wildman–Crippen MR) is 96.2 cm³/mol. The van der Waals surface area contributed by atoms with Gasteiger partial charge in [-0.1, -0.05) is 6.92 Å². The highest BCUT2D eigenvalue weighted by Gasteiger charge is 2.33. The zero-order valence-corrected chi connectivity index (χ0v) is 15.7. The van der Waals surface area contributed by atoms with Gasteiger partial charge in [0.05, 0.1) is 16.3 Å². The maximum Gasteiger partial charge on any atom is 0.419 e. The summed E-state index contributed by atoms with van der Waals surface area (Å²) in [7, 11) is -2.20. The van der Waals surface area contributed by atoms with Crippen LogP contribution in [0.4, 0.5) is 0 Å². The largest absolute Gasteiger partial charge is 0.419 e. The molecule has 142 valence electrons. The molecule has 0 radical (unpaired) electrons. The van der Waals surface area contributed by atoms with Gasteiger partial charge < -0.3 is 9.73 Å². The topological polar surface area (TPSA) is 102 Å². The Balaban J connectivity index is 1.85. The van der Waals surface area contributed by atoms with Crippen LogP contribution in [0.1, 0.15) is 26.2 Å². The van der Waals surface area contributed by atoms with Gasteiger partial charge in [-0.15, -0.1) is 0 Å². The molecular formula is C17H23N3O5S. The van der Waals surface area contributed by atoms with E-state index in [9.17, 15) is 18.0 Å². The molecule has 1 fully saturated rings. The maximum atomic E-state index is 13.0. The van der Waals surface area contributed by atoms with Gasteiger partial charge in [-0.25, -0.2) is 13.2 Å². The van der Waals surface area contributed by atoms with E-state index in [-0.39, 0.29) is 28.8 Å². The van der Waals surface area contributed by atoms with Gasteiger partial charge in [0.15, 0.2) is 5.58 Å². The van der Waals surface area contributed by atoms with Crippen molar-refractivity contribution in [2.45, 2.75) is 31.1 Å². The van der Waals surface area contributed by atoms with Crippen molar-refractivity contribution in [2.24, 2.45) is 13.0 Å². The molecule has 1 N–H and O–H groups in total. The van der Waals surface area contributed by atoms with Gasteiger partial charge in [0.1, 0.15) is 0 Å². The van der Waals surface area contributed by atoms with Gasteiger partial charge >= 0.3 is 5.76 Å². The number of aromatic nitrogens is 1. The van der Waals surface area contributed by atoms with Crippen LogP contribution in [-0.2, 0) is 21.9 Å². The first-order valence-electron chi connectivity index (χ1n) is 8.72. The van der Waals surface area contributed by atoms with E-state index in [0.29, 0.717) is 31.4 Å². The first kappa shape index (κ1) is 18.7. The van der Waals surface area contributed by atoms with Crippen molar-refractivity contribution in [3.63, 3.8) is 0 Å². The van der Waals surface area contributed by atoms with Crippen molar-refractivity contribution < 1.29 is 17.6 Å². The van der Waals surface area contributed by atoms with Gasteiger partial charge in [-0.05, 0) is 31.4 Å². The number of hydrogen-bond acceptors (Lipinski definition) is 5. The van der Waals surface area contributed by atoms with Gasteiger partial charge in [0.25, 0.3) is 0 Å². The summed E-state index contributed by atoms with van der Waals surface area (Å²) in [5.74, 6) is -0.986. The summed E-state index contributed by atoms with van der Waals surface area (Å²) in [5.41, 5.74) is 0.761. The molecule has 0 spiro atoms. The fraction of sp³-hybridized carbons (Fsp3) is 0.529. The third-order valence-electron chi connectivity index (χ3n) is 4.71. The molecule has 2 aromatic rings. The number of benzene rings is 1. The second-order valence-electron chi connectivity index (χ2n) is 6.55. The van der Waals surface area contributed by atoms with Crippen LogP contribution < -0.4 is 11.1 Å². The number of amides is 1. The lowest BCUT2D eigenvalue weighted by molar-refractivity contribution is -0.126. The molecule has 0 bridgehead atoms. The summed E-state index contributed by atoms with van der Waals surface area (Å²) >= 11 is 0. The van der Waals surface area contributed by atoms with E-state index < -0.39 is 15.8 Å². The molecular weight excluding hydrogens is 358 g/mol. The Kier molecular flexibility index (Phi) is 5.19. The van der Waals surface area contributed by atoms with Crippen LogP contribution in [0.2, 0.25) is 0 Å². The van der Waals surface area contributed by atoms with E-state index in [1.165, 1.54) is 21.0 Å². The molecule has 1 amide bonds. The van der Waals surface area contributed by atoms with Crippen molar-refractivity contribution in [1.29, 1.82) is 0 Å². The van der Waals surface area contributed by atoms with Crippen LogP contribution in [0.25, 0.3) is 11.1 Å². The molecule has 8 nitrogen and oxygen atoms in total. The molecule has 1 atom stereocenters. The number of piperidine rings is 1. The molecule has 1 aliphatic rings. The third-order valence-corrected chi connectivity index (χ3v) is 6.57. The minimum Gasteiger partial charge on any atom is -0.408 e. The zero-order valence-electron chi connectivity index (χ0n) is 14.9. The summed E-state index contributed by atoms with van der Waals surface area (Å²) in [4.78, 5) is 23.9. The third kappa shape index (κ3) is 3.41.